The quantitative estimate of drug-likeness (QED) is 0.497. The molecule has 4 heteroatoms. The molecule has 0 saturated heterocycles. The minimum atomic E-state index is 0.0895. The van der Waals surface area contributed by atoms with Crippen LogP contribution in [0.15, 0.2) is 10.0 Å². The van der Waals surface area contributed by atoms with Crippen molar-refractivity contribution in [2.45, 2.75) is 26.2 Å². The first kappa shape index (κ1) is 14.6. The van der Waals surface area contributed by atoms with E-state index >= 15 is 0 Å². The Morgan fingerprint density at radius 2 is 1.82 bits per heavy atom. The number of unbranched alkanes of at least 4 members (excludes halogenated alkanes) is 2. The van der Waals surface area contributed by atoms with E-state index in [2.05, 4.69) is 16.2 Å². The van der Waals surface area contributed by atoms with E-state index < -0.39 is 0 Å². The highest BCUT2D eigenvalue weighted by Gasteiger charge is 1.75. The first-order chi connectivity index (χ1) is 5.18. The number of rotatable bonds is 3. The van der Waals surface area contributed by atoms with E-state index in [0.717, 1.165) is 5.54 Å². The van der Waals surface area contributed by atoms with Crippen molar-refractivity contribution >= 4 is 44.0 Å². The first-order valence-corrected chi connectivity index (χ1v) is 5.51. The van der Waals surface area contributed by atoms with Gasteiger partial charge in [-0.3, -0.25) is 0 Å². The molecule has 0 bridgehead atoms. The Labute approximate surface area is 86.5 Å². The Bertz CT molecular complexity index is 85.7. The normalized spacial score (nSPS) is 8.09. The van der Waals surface area contributed by atoms with Gasteiger partial charge in [0.15, 0.2) is 0 Å². The summed E-state index contributed by atoms with van der Waals surface area (Å²) in [6, 6.07) is 0. The predicted molar refractivity (Wildman–Crippen MR) is 59.7 cm³/mol. The van der Waals surface area contributed by atoms with Crippen molar-refractivity contribution in [1.29, 1.82) is 0 Å². The van der Waals surface area contributed by atoms with Gasteiger partial charge in [0.25, 0.3) is 0 Å². The van der Waals surface area contributed by atoms with Crippen LogP contribution < -0.4 is 0 Å². The molecule has 0 aromatic heterocycles. The fraction of sp³-hybridized carbons (Fsp3) is 0.714. The van der Waals surface area contributed by atoms with Crippen molar-refractivity contribution < 1.29 is 0 Å². The van der Waals surface area contributed by atoms with Crippen molar-refractivity contribution in [2.75, 3.05) is 6.16 Å². The van der Waals surface area contributed by atoms with E-state index in [1.165, 1.54) is 25.4 Å². The van der Waals surface area contributed by atoms with Crippen LogP contribution >= 0.6 is 44.0 Å². The fourth-order valence-corrected chi connectivity index (χ4v) is 0.683. The van der Waals surface area contributed by atoms with E-state index in [4.69, 9.17) is 34.8 Å². The average molecular weight is 236 g/mol. The van der Waals surface area contributed by atoms with Crippen molar-refractivity contribution in [3.8, 4) is 0 Å². The first-order valence-electron chi connectivity index (χ1n) is 3.50. The van der Waals surface area contributed by atoms with Gasteiger partial charge in [-0.2, -0.15) is 0 Å². The number of hydrogen-bond acceptors (Lipinski definition) is 0. The van der Waals surface area contributed by atoms with Gasteiger partial charge in [0, 0.05) is 5.54 Å². The minimum Gasteiger partial charge on any atom is -0.138 e. The molecular weight excluding hydrogens is 221 g/mol. The van der Waals surface area contributed by atoms with Crippen LogP contribution in [0, 0.1) is 0 Å². The highest BCUT2D eigenvalue weighted by Crippen LogP contribution is 2.05. The van der Waals surface area contributed by atoms with Gasteiger partial charge in [0.05, 0.1) is 0 Å². The molecule has 0 spiro atoms. The molecule has 0 aromatic carbocycles. The van der Waals surface area contributed by atoms with E-state index in [-0.39, 0.29) is 4.49 Å². The Morgan fingerprint density at radius 3 is 1.91 bits per heavy atom. The van der Waals surface area contributed by atoms with Crippen LogP contribution in [-0.4, -0.2) is 6.16 Å². The van der Waals surface area contributed by atoms with Gasteiger partial charge in [0.1, 0.15) is 4.49 Å². The van der Waals surface area contributed by atoms with Gasteiger partial charge < -0.3 is 0 Å². The molecule has 11 heavy (non-hydrogen) atoms. The number of hydrogen-bond donors (Lipinski definition) is 0. The zero-order valence-corrected chi connectivity index (χ0v) is 10.0. The molecule has 0 radical (unpaired) electrons. The summed E-state index contributed by atoms with van der Waals surface area (Å²) in [6.45, 7) is 2.22. The monoisotopic (exact) mass is 234 g/mol. The highest BCUT2D eigenvalue weighted by molar-refractivity contribution is 7.16. The molecule has 1 unspecified atom stereocenters. The molecule has 0 nitrogen and oxygen atoms in total. The molecule has 1 atom stereocenters. The van der Waals surface area contributed by atoms with Crippen LogP contribution in [0.3, 0.4) is 0 Å². The van der Waals surface area contributed by atoms with Gasteiger partial charge >= 0.3 is 0 Å². The second-order valence-corrected chi connectivity index (χ2v) is 3.70. The molecule has 0 fully saturated rings. The van der Waals surface area contributed by atoms with Crippen molar-refractivity contribution in [2.24, 2.45) is 0 Å². The fourth-order valence-electron chi connectivity index (χ4n) is 0.394. The third-order valence-electron chi connectivity index (χ3n) is 0.890. The Hall–Kier alpha value is 1.04. The summed E-state index contributed by atoms with van der Waals surface area (Å²) >= 11 is 14.8. The largest absolute Gasteiger partial charge is 0.138 e. The van der Waals surface area contributed by atoms with Crippen LogP contribution in [0.25, 0.3) is 0 Å². The minimum absolute atomic E-state index is 0.0895. The van der Waals surface area contributed by atoms with Crippen molar-refractivity contribution in [1.82, 2.24) is 0 Å². The Balaban J connectivity index is 0. The maximum absolute atomic E-state index is 4.96. The third kappa shape index (κ3) is 24.7. The Morgan fingerprint density at radius 1 is 1.36 bits per heavy atom. The second kappa shape index (κ2) is 13.6. The molecule has 0 N–H and O–H groups in total. The second-order valence-electron chi connectivity index (χ2n) is 1.89. The van der Waals surface area contributed by atoms with Crippen molar-refractivity contribution in [3.05, 3.63) is 10.0 Å². The lowest BCUT2D eigenvalue weighted by molar-refractivity contribution is 0.779. The van der Waals surface area contributed by atoms with Gasteiger partial charge in [0.2, 0.25) is 0 Å². The molecule has 0 heterocycles. The van der Waals surface area contributed by atoms with E-state index in [1.807, 2.05) is 0 Å². The summed E-state index contributed by atoms with van der Waals surface area (Å²) < 4.78 is 0.0895. The van der Waals surface area contributed by atoms with E-state index in [9.17, 15) is 0 Å². The summed E-state index contributed by atoms with van der Waals surface area (Å²) in [5, 5.41) is 0. The maximum atomic E-state index is 4.96. The van der Waals surface area contributed by atoms with Gasteiger partial charge in [-0.1, -0.05) is 54.6 Å². The topological polar surface area (TPSA) is 0 Å². The molecule has 0 aromatic rings. The lowest BCUT2D eigenvalue weighted by Crippen LogP contribution is -1.70. The lowest BCUT2D eigenvalue weighted by atomic mass is 10.3. The van der Waals surface area contributed by atoms with Crippen molar-refractivity contribution in [3.63, 3.8) is 0 Å². The molecule has 0 amide bonds. The zero-order chi connectivity index (χ0) is 9.11. The summed E-state index contributed by atoms with van der Waals surface area (Å²) in [5.41, 5.74) is 1.09. The average Bonchev–Trinajstić information content (AvgIpc) is 2.02. The molecule has 0 aliphatic heterocycles. The zero-order valence-electron chi connectivity index (χ0n) is 6.62. The maximum Gasteiger partial charge on any atom is 0.118 e. The van der Waals surface area contributed by atoms with Gasteiger partial charge in [-0.05, 0) is 12.6 Å². The van der Waals surface area contributed by atoms with Crippen LogP contribution in [0.1, 0.15) is 26.2 Å². The standard InChI is InChI=1S/C5H13P.C2HCl3/c1-2-3-4-5-6;3-1-2(4)5/h2-6H2,1H3;1H. The molecule has 0 saturated carbocycles. The summed E-state index contributed by atoms with van der Waals surface area (Å²) in [5.74, 6) is 0. The molecular formula is C7H14Cl3P. The smallest absolute Gasteiger partial charge is 0.118 e. The van der Waals surface area contributed by atoms with Crippen LogP contribution in [0.5, 0.6) is 0 Å². The van der Waals surface area contributed by atoms with Gasteiger partial charge in [-0.15, -0.1) is 9.24 Å². The molecule has 0 aliphatic rings. The van der Waals surface area contributed by atoms with Crippen LogP contribution in [-0.2, 0) is 0 Å². The van der Waals surface area contributed by atoms with Gasteiger partial charge in [-0.25, -0.2) is 0 Å². The Kier molecular flexibility index (Phi) is 18.0. The third-order valence-corrected chi connectivity index (χ3v) is 1.96. The number of halogens is 3. The predicted octanol–water partition coefficient (Wildman–Crippen LogP) is 4.55. The molecule has 0 aliphatic carbocycles. The highest BCUT2D eigenvalue weighted by atomic mass is 35.5. The lowest BCUT2D eigenvalue weighted by Gasteiger charge is -1.86. The van der Waals surface area contributed by atoms with E-state index in [0.29, 0.717) is 0 Å². The van der Waals surface area contributed by atoms with Crippen LogP contribution in [0.4, 0.5) is 0 Å². The summed E-state index contributed by atoms with van der Waals surface area (Å²) in [4.78, 5) is 0. The summed E-state index contributed by atoms with van der Waals surface area (Å²) in [7, 11) is 2.73. The molecule has 68 valence electrons. The van der Waals surface area contributed by atoms with E-state index in [1.54, 1.807) is 0 Å². The SMILES string of the molecule is CCCCCP.ClC=C(Cl)Cl. The summed E-state index contributed by atoms with van der Waals surface area (Å²) in [6.07, 6.45) is 5.38. The van der Waals surface area contributed by atoms with Crippen LogP contribution in [0.2, 0.25) is 0 Å². The molecule has 0 rings (SSSR count).